The molecule has 0 aliphatic heterocycles. The number of hydrogen-bond acceptors (Lipinski definition) is 6. The fourth-order valence-electron chi connectivity index (χ4n) is 3.51. The molecular formula is C21H21N5O2. The van der Waals surface area contributed by atoms with Crippen molar-refractivity contribution >= 4 is 11.0 Å². The fourth-order valence-corrected chi connectivity index (χ4v) is 3.51. The highest BCUT2D eigenvalue weighted by molar-refractivity contribution is 5.75. The van der Waals surface area contributed by atoms with Gasteiger partial charge in [0.25, 0.3) is 0 Å². The summed E-state index contributed by atoms with van der Waals surface area (Å²) in [5, 5.41) is 4.12. The minimum absolute atomic E-state index is 0.348. The lowest BCUT2D eigenvalue weighted by atomic mass is 9.77. The zero-order chi connectivity index (χ0) is 19.0. The highest BCUT2D eigenvalue weighted by atomic mass is 16.5. The van der Waals surface area contributed by atoms with E-state index in [4.69, 9.17) is 20.0 Å². The molecule has 0 radical (unpaired) electrons. The minimum atomic E-state index is -0.433. The molecule has 0 saturated heterocycles. The van der Waals surface area contributed by atoms with E-state index in [2.05, 4.69) is 14.7 Å². The van der Waals surface area contributed by atoms with E-state index in [0.717, 1.165) is 41.9 Å². The third-order valence-corrected chi connectivity index (χ3v) is 5.30. The average molecular weight is 375 g/mol. The lowest BCUT2D eigenvalue weighted by Gasteiger charge is -2.34. The van der Waals surface area contributed by atoms with Gasteiger partial charge in [-0.05, 0) is 43.5 Å². The standard InChI is InChI=1S/C21H21N5O2/c22-21(11-6-12-21)20-24-19(28-25-20)13-26-17-10-5-4-9-16(17)23-18(26)14-27-15-7-2-1-3-8-15/h1-5,7-10H,6,11-14,22H2. The van der Waals surface area contributed by atoms with Gasteiger partial charge in [-0.2, -0.15) is 4.98 Å². The Morgan fingerprint density at radius 1 is 1.04 bits per heavy atom. The van der Waals surface area contributed by atoms with Crippen LogP contribution in [-0.2, 0) is 18.7 Å². The number of nitrogens with two attached hydrogens (primary N) is 1. The summed E-state index contributed by atoms with van der Waals surface area (Å²) in [6.07, 6.45) is 2.90. The van der Waals surface area contributed by atoms with Crippen LogP contribution in [0.15, 0.2) is 59.1 Å². The molecular weight excluding hydrogens is 354 g/mol. The molecule has 1 aliphatic carbocycles. The molecule has 1 saturated carbocycles. The number of imidazole rings is 1. The molecule has 2 N–H and O–H groups in total. The van der Waals surface area contributed by atoms with Crippen molar-refractivity contribution in [2.75, 3.05) is 0 Å². The minimum Gasteiger partial charge on any atom is -0.486 e. The Morgan fingerprint density at radius 2 is 1.82 bits per heavy atom. The van der Waals surface area contributed by atoms with E-state index in [9.17, 15) is 0 Å². The van der Waals surface area contributed by atoms with Gasteiger partial charge in [-0.15, -0.1) is 0 Å². The Hall–Kier alpha value is -3.19. The summed E-state index contributed by atoms with van der Waals surface area (Å²) < 4.78 is 13.5. The van der Waals surface area contributed by atoms with Crippen LogP contribution in [0.25, 0.3) is 11.0 Å². The molecule has 5 rings (SSSR count). The van der Waals surface area contributed by atoms with Crippen molar-refractivity contribution in [3.63, 3.8) is 0 Å². The lowest BCUT2D eigenvalue weighted by molar-refractivity contribution is 0.228. The van der Waals surface area contributed by atoms with Gasteiger partial charge in [-0.25, -0.2) is 4.98 Å². The summed E-state index contributed by atoms with van der Waals surface area (Å²) in [4.78, 5) is 9.28. The van der Waals surface area contributed by atoms with Crippen LogP contribution in [-0.4, -0.2) is 19.7 Å². The zero-order valence-electron chi connectivity index (χ0n) is 15.4. The Balaban J connectivity index is 1.44. The zero-order valence-corrected chi connectivity index (χ0v) is 15.4. The van der Waals surface area contributed by atoms with Gasteiger partial charge in [0, 0.05) is 0 Å². The summed E-state index contributed by atoms with van der Waals surface area (Å²) in [5.74, 6) is 2.73. The van der Waals surface area contributed by atoms with Crippen LogP contribution in [0.4, 0.5) is 0 Å². The molecule has 2 aromatic heterocycles. The predicted molar refractivity (Wildman–Crippen MR) is 104 cm³/mol. The van der Waals surface area contributed by atoms with E-state index in [0.29, 0.717) is 24.9 Å². The quantitative estimate of drug-likeness (QED) is 0.555. The first-order valence-electron chi connectivity index (χ1n) is 9.45. The second-order valence-electron chi connectivity index (χ2n) is 7.23. The molecule has 2 aromatic carbocycles. The molecule has 7 nitrogen and oxygen atoms in total. The number of rotatable bonds is 6. The van der Waals surface area contributed by atoms with Crippen molar-refractivity contribution in [2.24, 2.45) is 5.73 Å². The molecule has 0 unspecified atom stereocenters. The van der Waals surface area contributed by atoms with Crippen LogP contribution < -0.4 is 10.5 Å². The van der Waals surface area contributed by atoms with Crippen LogP contribution in [0.2, 0.25) is 0 Å². The predicted octanol–water partition coefficient (Wildman–Crippen LogP) is 3.38. The largest absolute Gasteiger partial charge is 0.486 e. The maximum atomic E-state index is 6.32. The third-order valence-electron chi connectivity index (χ3n) is 5.30. The number of hydrogen-bond donors (Lipinski definition) is 1. The Bertz CT molecular complexity index is 1100. The normalized spacial score (nSPS) is 15.5. The molecule has 7 heteroatoms. The van der Waals surface area contributed by atoms with E-state index >= 15 is 0 Å². The van der Waals surface area contributed by atoms with Gasteiger partial charge in [-0.3, -0.25) is 0 Å². The van der Waals surface area contributed by atoms with Crippen LogP contribution in [0, 0.1) is 0 Å². The van der Waals surface area contributed by atoms with Gasteiger partial charge in [0.15, 0.2) is 5.82 Å². The SMILES string of the molecule is NC1(c2noc(Cn3c(COc4ccccc4)nc4ccccc43)n2)CCC1. The molecule has 0 bridgehead atoms. The van der Waals surface area contributed by atoms with Crippen LogP contribution in [0.1, 0.15) is 36.8 Å². The van der Waals surface area contributed by atoms with Crippen LogP contribution >= 0.6 is 0 Å². The van der Waals surface area contributed by atoms with Gasteiger partial charge < -0.3 is 19.6 Å². The van der Waals surface area contributed by atoms with E-state index in [1.54, 1.807) is 0 Å². The van der Waals surface area contributed by atoms with E-state index < -0.39 is 5.54 Å². The van der Waals surface area contributed by atoms with Gasteiger partial charge in [-0.1, -0.05) is 35.5 Å². The Labute approximate surface area is 162 Å². The highest BCUT2D eigenvalue weighted by Gasteiger charge is 2.39. The lowest BCUT2D eigenvalue weighted by Crippen LogP contribution is -2.44. The number of para-hydroxylation sites is 3. The molecule has 0 spiro atoms. The summed E-state index contributed by atoms with van der Waals surface area (Å²) in [6, 6.07) is 17.7. The van der Waals surface area contributed by atoms with Crippen molar-refractivity contribution in [3.8, 4) is 5.75 Å². The topological polar surface area (TPSA) is 92.0 Å². The number of nitrogens with zero attached hydrogens (tertiary/aromatic N) is 4. The van der Waals surface area contributed by atoms with E-state index in [-0.39, 0.29) is 0 Å². The number of fused-ring (bicyclic) bond motifs is 1. The van der Waals surface area contributed by atoms with Gasteiger partial charge in [0.2, 0.25) is 5.89 Å². The summed E-state index contributed by atoms with van der Waals surface area (Å²) in [7, 11) is 0. The van der Waals surface area contributed by atoms with Crippen molar-refractivity contribution < 1.29 is 9.26 Å². The molecule has 1 fully saturated rings. The molecule has 2 heterocycles. The Kier molecular flexibility index (Phi) is 4.09. The van der Waals surface area contributed by atoms with Gasteiger partial charge in [0.05, 0.1) is 16.6 Å². The average Bonchev–Trinajstić information content (AvgIpc) is 3.31. The van der Waals surface area contributed by atoms with Crippen molar-refractivity contribution in [3.05, 3.63) is 72.1 Å². The number of aromatic nitrogens is 4. The first-order chi connectivity index (χ1) is 13.7. The van der Waals surface area contributed by atoms with E-state index in [1.807, 2.05) is 54.6 Å². The second kappa shape index (κ2) is 6.76. The highest BCUT2D eigenvalue weighted by Crippen LogP contribution is 2.37. The fraction of sp³-hybridized carbons (Fsp3) is 0.286. The van der Waals surface area contributed by atoms with Crippen LogP contribution in [0.5, 0.6) is 5.75 Å². The number of ether oxygens (including phenoxy) is 1. The summed E-state index contributed by atoms with van der Waals surface area (Å²) >= 11 is 0. The van der Waals surface area contributed by atoms with Crippen molar-refractivity contribution in [1.82, 2.24) is 19.7 Å². The van der Waals surface area contributed by atoms with Crippen LogP contribution in [0.3, 0.4) is 0 Å². The maximum absolute atomic E-state index is 6.32. The maximum Gasteiger partial charge on any atom is 0.246 e. The molecule has 0 atom stereocenters. The van der Waals surface area contributed by atoms with E-state index in [1.165, 1.54) is 0 Å². The first-order valence-corrected chi connectivity index (χ1v) is 9.45. The second-order valence-corrected chi connectivity index (χ2v) is 7.23. The summed E-state index contributed by atoms with van der Waals surface area (Å²) in [6.45, 7) is 0.775. The molecule has 1 aliphatic rings. The Morgan fingerprint density at radius 3 is 2.61 bits per heavy atom. The van der Waals surface area contributed by atoms with Crippen molar-refractivity contribution in [2.45, 2.75) is 38.0 Å². The van der Waals surface area contributed by atoms with Crippen molar-refractivity contribution in [1.29, 1.82) is 0 Å². The first kappa shape index (κ1) is 16.9. The summed E-state index contributed by atoms with van der Waals surface area (Å²) in [5.41, 5.74) is 7.79. The number of benzene rings is 2. The smallest absolute Gasteiger partial charge is 0.246 e. The molecule has 4 aromatic rings. The van der Waals surface area contributed by atoms with Gasteiger partial charge >= 0.3 is 0 Å². The molecule has 142 valence electrons. The molecule has 28 heavy (non-hydrogen) atoms. The van der Waals surface area contributed by atoms with Gasteiger partial charge in [0.1, 0.15) is 24.7 Å². The monoisotopic (exact) mass is 375 g/mol. The third kappa shape index (κ3) is 3.03. The molecule has 0 amide bonds.